The third kappa shape index (κ3) is 5.47. The molecule has 34 heavy (non-hydrogen) atoms. The number of carbonyl (C=O) groups excluding carboxylic acids is 1. The van der Waals surface area contributed by atoms with Crippen LogP contribution >= 0.6 is 0 Å². The summed E-state index contributed by atoms with van der Waals surface area (Å²) in [5.74, 6) is 1.13. The minimum atomic E-state index is -0.936. The van der Waals surface area contributed by atoms with Crippen LogP contribution < -0.4 is 20.1 Å². The number of urea groups is 1. The van der Waals surface area contributed by atoms with E-state index < -0.39 is 6.10 Å². The molecule has 0 spiro atoms. The van der Waals surface area contributed by atoms with Gasteiger partial charge in [0.2, 0.25) is 0 Å². The van der Waals surface area contributed by atoms with Gasteiger partial charge in [-0.2, -0.15) is 0 Å². The number of fused-ring (bicyclic) bond motifs is 1. The van der Waals surface area contributed by atoms with Crippen molar-refractivity contribution in [3.05, 3.63) is 89.7 Å². The Morgan fingerprint density at radius 3 is 2.53 bits per heavy atom. The number of carbonyl (C=O) groups is 1. The predicted octanol–water partition coefficient (Wildman–Crippen LogP) is 3.63. The first-order valence-electron chi connectivity index (χ1n) is 11.0. The number of benzene rings is 3. The fraction of sp³-hybridized carbons (Fsp3) is 0.231. The molecule has 0 aliphatic heterocycles. The molecule has 4 rings (SSSR count). The number of amides is 2. The number of rotatable bonds is 9. The van der Waals surface area contributed by atoms with Gasteiger partial charge in [0, 0.05) is 25.2 Å². The van der Waals surface area contributed by atoms with Crippen molar-refractivity contribution in [1.29, 1.82) is 0 Å². The highest BCUT2D eigenvalue weighted by atomic mass is 16.5. The standard InChI is InChI=1S/C26H28N4O4/c1-33-20-11-12-25(34-2)21(13-20)24(31)15-28-26(32)27-14-18-7-9-19(10-8-18)16-30-17-29-22-5-3-4-6-23(22)30/h3-13,17,24,31H,14-16H2,1-2H3,(H2,27,28,32). The first kappa shape index (κ1) is 23.1. The van der Waals surface area contributed by atoms with Crippen LogP contribution in [0.1, 0.15) is 22.8 Å². The summed E-state index contributed by atoms with van der Waals surface area (Å²) in [4.78, 5) is 16.7. The second-order valence-corrected chi connectivity index (χ2v) is 7.86. The lowest BCUT2D eigenvalue weighted by Crippen LogP contribution is -2.37. The number of hydrogen-bond acceptors (Lipinski definition) is 5. The molecule has 1 unspecified atom stereocenters. The number of hydrogen-bond donors (Lipinski definition) is 3. The molecule has 0 saturated carbocycles. The zero-order valence-corrected chi connectivity index (χ0v) is 19.2. The summed E-state index contributed by atoms with van der Waals surface area (Å²) in [6.45, 7) is 1.13. The van der Waals surface area contributed by atoms with Crippen LogP contribution in [0.4, 0.5) is 4.79 Å². The Kier molecular flexibility index (Phi) is 7.29. The number of nitrogens with one attached hydrogen (secondary N) is 2. The molecule has 1 aromatic heterocycles. The monoisotopic (exact) mass is 460 g/mol. The van der Waals surface area contributed by atoms with Crippen molar-refractivity contribution in [2.75, 3.05) is 20.8 Å². The van der Waals surface area contributed by atoms with Crippen LogP contribution in [-0.2, 0) is 13.1 Å². The Morgan fingerprint density at radius 1 is 1.00 bits per heavy atom. The fourth-order valence-electron chi connectivity index (χ4n) is 3.74. The van der Waals surface area contributed by atoms with E-state index in [9.17, 15) is 9.90 Å². The Labute approximate surface area is 198 Å². The molecule has 1 heterocycles. The summed E-state index contributed by atoms with van der Waals surface area (Å²) < 4.78 is 12.6. The number of ether oxygens (including phenoxy) is 2. The van der Waals surface area contributed by atoms with Gasteiger partial charge >= 0.3 is 6.03 Å². The van der Waals surface area contributed by atoms with Crippen LogP contribution in [0.15, 0.2) is 73.1 Å². The predicted molar refractivity (Wildman–Crippen MR) is 130 cm³/mol. The number of imidazole rings is 1. The highest BCUT2D eigenvalue weighted by Crippen LogP contribution is 2.29. The minimum Gasteiger partial charge on any atom is -0.497 e. The van der Waals surface area contributed by atoms with Gasteiger partial charge in [0.05, 0.1) is 31.6 Å². The molecule has 0 bridgehead atoms. The van der Waals surface area contributed by atoms with E-state index >= 15 is 0 Å². The SMILES string of the molecule is COc1ccc(OC)c(C(O)CNC(=O)NCc2ccc(Cn3cnc4ccccc43)cc2)c1. The third-order valence-corrected chi connectivity index (χ3v) is 5.61. The van der Waals surface area contributed by atoms with Crippen LogP contribution in [0.25, 0.3) is 11.0 Å². The Bertz CT molecular complexity index is 1250. The van der Waals surface area contributed by atoms with Gasteiger partial charge < -0.3 is 29.8 Å². The van der Waals surface area contributed by atoms with Crippen molar-refractivity contribution in [3.8, 4) is 11.5 Å². The van der Waals surface area contributed by atoms with E-state index in [1.54, 1.807) is 25.3 Å². The topological polar surface area (TPSA) is 97.6 Å². The van der Waals surface area contributed by atoms with Gasteiger partial charge in [-0.1, -0.05) is 36.4 Å². The van der Waals surface area contributed by atoms with Crippen molar-refractivity contribution in [1.82, 2.24) is 20.2 Å². The van der Waals surface area contributed by atoms with E-state index in [0.29, 0.717) is 23.6 Å². The van der Waals surface area contributed by atoms with Gasteiger partial charge in [0.15, 0.2) is 0 Å². The fourth-order valence-corrected chi connectivity index (χ4v) is 3.74. The molecule has 0 aliphatic rings. The molecule has 0 saturated heterocycles. The van der Waals surface area contributed by atoms with Crippen molar-refractivity contribution in [3.63, 3.8) is 0 Å². The minimum absolute atomic E-state index is 0.0349. The van der Waals surface area contributed by atoms with E-state index in [-0.39, 0.29) is 12.6 Å². The van der Waals surface area contributed by atoms with Crippen LogP contribution in [0.2, 0.25) is 0 Å². The number of para-hydroxylation sites is 2. The van der Waals surface area contributed by atoms with Gasteiger partial charge in [-0.25, -0.2) is 9.78 Å². The normalized spacial score (nSPS) is 11.7. The smallest absolute Gasteiger partial charge is 0.315 e. The first-order valence-corrected chi connectivity index (χ1v) is 11.0. The highest BCUT2D eigenvalue weighted by molar-refractivity contribution is 5.75. The largest absolute Gasteiger partial charge is 0.497 e. The van der Waals surface area contributed by atoms with E-state index in [4.69, 9.17) is 9.47 Å². The number of aromatic nitrogens is 2. The van der Waals surface area contributed by atoms with Crippen LogP contribution in [0.3, 0.4) is 0 Å². The summed E-state index contributed by atoms with van der Waals surface area (Å²) in [5, 5.41) is 16.0. The van der Waals surface area contributed by atoms with Gasteiger partial charge in [-0.05, 0) is 41.5 Å². The molecule has 8 heteroatoms. The zero-order valence-electron chi connectivity index (χ0n) is 19.2. The van der Waals surface area contributed by atoms with Gasteiger partial charge in [0.25, 0.3) is 0 Å². The molecule has 0 radical (unpaired) electrons. The molecule has 3 aromatic carbocycles. The van der Waals surface area contributed by atoms with E-state index in [0.717, 1.165) is 28.7 Å². The molecule has 0 fully saturated rings. The van der Waals surface area contributed by atoms with Crippen molar-refractivity contribution >= 4 is 17.1 Å². The van der Waals surface area contributed by atoms with E-state index in [1.807, 2.05) is 48.8 Å². The number of aliphatic hydroxyl groups is 1. The Hall–Kier alpha value is -4.04. The van der Waals surface area contributed by atoms with Crippen LogP contribution in [0, 0.1) is 0 Å². The Morgan fingerprint density at radius 2 is 1.76 bits per heavy atom. The van der Waals surface area contributed by atoms with Gasteiger partial charge in [0.1, 0.15) is 17.6 Å². The average molecular weight is 461 g/mol. The number of methoxy groups -OCH3 is 2. The number of aliphatic hydroxyl groups excluding tert-OH is 1. The highest BCUT2D eigenvalue weighted by Gasteiger charge is 2.15. The van der Waals surface area contributed by atoms with Gasteiger partial charge in [-0.15, -0.1) is 0 Å². The molecule has 3 N–H and O–H groups in total. The van der Waals surface area contributed by atoms with Crippen molar-refractivity contribution in [2.24, 2.45) is 0 Å². The lowest BCUT2D eigenvalue weighted by atomic mass is 10.1. The number of nitrogens with zero attached hydrogens (tertiary/aromatic N) is 2. The van der Waals surface area contributed by atoms with Crippen LogP contribution in [-0.4, -0.2) is 41.5 Å². The maximum Gasteiger partial charge on any atom is 0.315 e. The summed E-state index contributed by atoms with van der Waals surface area (Å²) in [7, 11) is 3.08. The quantitative estimate of drug-likeness (QED) is 0.354. The lowest BCUT2D eigenvalue weighted by Gasteiger charge is -2.17. The maximum atomic E-state index is 12.2. The molecule has 176 valence electrons. The molecule has 8 nitrogen and oxygen atoms in total. The molecule has 2 amide bonds. The molecular formula is C26H28N4O4. The van der Waals surface area contributed by atoms with E-state index in [2.05, 4.69) is 26.3 Å². The molecular weight excluding hydrogens is 432 g/mol. The third-order valence-electron chi connectivity index (χ3n) is 5.61. The van der Waals surface area contributed by atoms with Crippen molar-refractivity contribution < 1.29 is 19.4 Å². The molecule has 1 atom stereocenters. The average Bonchev–Trinajstić information content (AvgIpc) is 3.29. The molecule has 0 aliphatic carbocycles. The summed E-state index contributed by atoms with van der Waals surface area (Å²) >= 11 is 0. The summed E-state index contributed by atoms with van der Waals surface area (Å²) in [6, 6.07) is 20.9. The first-order chi connectivity index (χ1) is 16.6. The maximum absolute atomic E-state index is 12.2. The van der Waals surface area contributed by atoms with Crippen molar-refractivity contribution in [2.45, 2.75) is 19.2 Å². The van der Waals surface area contributed by atoms with Gasteiger partial charge in [-0.3, -0.25) is 0 Å². The zero-order chi connectivity index (χ0) is 23.9. The summed E-state index contributed by atoms with van der Waals surface area (Å²) in [6.07, 6.45) is 0.911. The second kappa shape index (κ2) is 10.7. The second-order valence-electron chi connectivity index (χ2n) is 7.86. The lowest BCUT2D eigenvalue weighted by molar-refractivity contribution is 0.169. The van der Waals surface area contributed by atoms with Crippen LogP contribution in [0.5, 0.6) is 11.5 Å². The Balaban J connectivity index is 1.27. The van der Waals surface area contributed by atoms with E-state index in [1.165, 1.54) is 7.11 Å². The molecule has 4 aromatic rings. The summed E-state index contributed by atoms with van der Waals surface area (Å²) in [5.41, 5.74) is 4.74.